The average Bonchev–Trinajstić information content (AvgIpc) is 3.41. The molecule has 1 atom stereocenters. The van der Waals surface area contributed by atoms with Gasteiger partial charge in [-0.05, 0) is 37.5 Å². The first-order chi connectivity index (χ1) is 15.1. The maximum Gasteiger partial charge on any atom is 0.222 e. The van der Waals surface area contributed by atoms with Crippen LogP contribution in [0.5, 0.6) is 0 Å². The van der Waals surface area contributed by atoms with E-state index in [2.05, 4.69) is 54.1 Å². The van der Waals surface area contributed by atoms with Gasteiger partial charge >= 0.3 is 0 Å². The van der Waals surface area contributed by atoms with Gasteiger partial charge in [-0.3, -0.25) is 9.69 Å². The molecule has 0 bridgehead atoms. The maximum absolute atomic E-state index is 12.0. The minimum absolute atomic E-state index is 0.0284. The van der Waals surface area contributed by atoms with Gasteiger partial charge in [-0.15, -0.1) is 10.2 Å². The molecule has 1 amide bonds. The van der Waals surface area contributed by atoms with Crippen molar-refractivity contribution in [3.05, 3.63) is 41.5 Å². The van der Waals surface area contributed by atoms with E-state index < -0.39 is 0 Å². The van der Waals surface area contributed by atoms with Crippen LogP contribution in [0.15, 0.2) is 24.3 Å². The summed E-state index contributed by atoms with van der Waals surface area (Å²) in [5.41, 5.74) is 2.69. The molecule has 1 aromatic carbocycles. The van der Waals surface area contributed by atoms with Gasteiger partial charge in [-0.1, -0.05) is 12.1 Å². The number of carbonyl (C=O) groups is 1. The maximum atomic E-state index is 12.0. The Balaban J connectivity index is 1.33. The molecular formula is C23H34N6O2. The second kappa shape index (κ2) is 10.2. The fourth-order valence-corrected chi connectivity index (χ4v) is 4.49. The summed E-state index contributed by atoms with van der Waals surface area (Å²) in [6.45, 7) is 8.42. The van der Waals surface area contributed by atoms with Crippen molar-refractivity contribution in [3.8, 4) is 0 Å². The summed E-state index contributed by atoms with van der Waals surface area (Å²) in [6.07, 6.45) is 3.82. The lowest BCUT2D eigenvalue weighted by Crippen LogP contribution is -2.30. The second-order valence-corrected chi connectivity index (χ2v) is 8.54. The number of fused-ring (bicyclic) bond motifs is 1. The van der Waals surface area contributed by atoms with Crippen LogP contribution in [-0.4, -0.2) is 65.5 Å². The Kier molecular flexibility index (Phi) is 7.19. The molecule has 1 N–H and O–H groups in total. The Morgan fingerprint density at radius 1 is 1.10 bits per heavy atom. The largest absolute Gasteiger partial charge is 0.384 e. The highest BCUT2D eigenvalue weighted by molar-refractivity contribution is 5.76. The van der Waals surface area contributed by atoms with Crippen LogP contribution in [0.4, 0.5) is 5.69 Å². The van der Waals surface area contributed by atoms with E-state index in [0.29, 0.717) is 13.0 Å². The Labute approximate surface area is 184 Å². The lowest BCUT2D eigenvalue weighted by atomic mass is 10.2. The molecule has 2 aliphatic rings. The topological polar surface area (TPSA) is 75.5 Å². The SMILES string of the molecule is COCCC(=O)N[C@@H](C)c1nnc2n1CCN(Cc1ccc(N3CCCC3)cc1)CC2. The predicted molar refractivity (Wildman–Crippen MR) is 120 cm³/mol. The number of nitrogens with zero attached hydrogens (tertiary/aromatic N) is 5. The summed E-state index contributed by atoms with van der Waals surface area (Å²) in [7, 11) is 1.60. The number of aromatic nitrogens is 3. The van der Waals surface area contributed by atoms with Gasteiger partial charge in [0, 0.05) is 64.9 Å². The van der Waals surface area contributed by atoms with E-state index in [1.165, 1.54) is 37.2 Å². The van der Waals surface area contributed by atoms with E-state index in [9.17, 15) is 4.79 Å². The summed E-state index contributed by atoms with van der Waals surface area (Å²) >= 11 is 0. The van der Waals surface area contributed by atoms with Crippen LogP contribution in [0.25, 0.3) is 0 Å². The number of carbonyl (C=O) groups excluding carboxylic acids is 1. The highest BCUT2D eigenvalue weighted by atomic mass is 16.5. The Bertz CT molecular complexity index is 859. The highest BCUT2D eigenvalue weighted by Crippen LogP contribution is 2.22. The van der Waals surface area contributed by atoms with Gasteiger partial charge in [-0.2, -0.15) is 0 Å². The third kappa shape index (κ3) is 5.43. The second-order valence-electron chi connectivity index (χ2n) is 8.54. The summed E-state index contributed by atoms with van der Waals surface area (Å²) in [4.78, 5) is 17.0. The standard InChI is InChI=1S/C23H34N6O2/c1-18(24-22(30)10-16-31-2)23-26-25-21-9-13-27(14-15-29(21)23)17-19-5-7-20(8-6-19)28-11-3-4-12-28/h5-8,18H,3-4,9-17H2,1-2H3,(H,24,30)/t18-/m0/s1. The fourth-order valence-electron chi connectivity index (χ4n) is 4.49. The van der Waals surface area contributed by atoms with Crippen LogP contribution in [0, 0.1) is 0 Å². The van der Waals surface area contributed by atoms with Crippen molar-refractivity contribution in [1.82, 2.24) is 25.0 Å². The quantitative estimate of drug-likeness (QED) is 0.697. The minimum atomic E-state index is -0.171. The van der Waals surface area contributed by atoms with Crippen LogP contribution in [0.2, 0.25) is 0 Å². The van der Waals surface area contributed by atoms with E-state index in [0.717, 1.165) is 44.2 Å². The Morgan fingerprint density at radius 2 is 1.87 bits per heavy atom. The van der Waals surface area contributed by atoms with Gasteiger partial charge in [-0.25, -0.2) is 0 Å². The number of hydrogen-bond donors (Lipinski definition) is 1. The smallest absolute Gasteiger partial charge is 0.222 e. The first-order valence-corrected chi connectivity index (χ1v) is 11.4. The number of ether oxygens (including phenoxy) is 1. The molecule has 8 nitrogen and oxygen atoms in total. The van der Waals surface area contributed by atoms with Crippen molar-refractivity contribution in [2.24, 2.45) is 0 Å². The fraction of sp³-hybridized carbons (Fsp3) is 0.609. The molecule has 0 radical (unpaired) electrons. The number of methoxy groups -OCH3 is 1. The van der Waals surface area contributed by atoms with Gasteiger partial charge in [0.05, 0.1) is 12.6 Å². The molecule has 0 spiro atoms. The number of amides is 1. The monoisotopic (exact) mass is 426 g/mol. The van der Waals surface area contributed by atoms with E-state index in [-0.39, 0.29) is 11.9 Å². The zero-order valence-corrected chi connectivity index (χ0v) is 18.7. The van der Waals surface area contributed by atoms with Crippen LogP contribution in [-0.2, 0) is 29.0 Å². The van der Waals surface area contributed by atoms with Crippen molar-refractivity contribution >= 4 is 11.6 Å². The summed E-state index contributed by atoms with van der Waals surface area (Å²) in [5.74, 6) is 1.80. The molecule has 1 aromatic heterocycles. The van der Waals surface area contributed by atoms with Crippen molar-refractivity contribution in [3.63, 3.8) is 0 Å². The van der Waals surface area contributed by atoms with E-state index in [1.54, 1.807) is 7.11 Å². The van der Waals surface area contributed by atoms with E-state index >= 15 is 0 Å². The number of anilines is 1. The Hall–Kier alpha value is -2.45. The van der Waals surface area contributed by atoms with Crippen LogP contribution in [0.1, 0.15) is 49.4 Å². The van der Waals surface area contributed by atoms with E-state index in [4.69, 9.17) is 4.74 Å². The molecule has 0 saturated carbocycles. The van der Waals surface area contributed by atoms with Crippen molar-refractivity contribution in [1.29, 1.82) is 0 Å². The van der Waals surface area contributed by atoms with Crippen molar-refractivity contribution in [2.45, 2.75) is 51.7 Å². The molecule has 0 aliphatic carbocycles. The molecule has 8 heteroatoms. The van der Waals surface area contributed by atoms with Crippen LogP contribution >= 0.6 is 0 Å². The summed E-state index contributed by atoms with van der Waals surface area (Å²) in [5, 5.41) is 11.8. The number of benzene rings is 1. The minimum Gasteiger partial charge on any atom is -0.384 e. The summed E-state index contributed by atoms with van der Waals surface area (Å²) < 4.78 is 7.16. The number of nitrogens with one attached hydrogen (secondary N) is 1. The molecule has 168 valence electrons. The molecule has 2 aromatic rings. The lowest BCUT2D eigenvalue weighted by Gasteiger charge is -2.21. The first-order valence-electron chi connectivity index (χ1n) is 11.4. The zero-order chi connectivity index (χ0) is 21.6. The first kappa shape index (κ1) is 21.8. The van der Waals surface area contributed by atoms with Gasteiger partial charge in [0.2, 0.25) is 5.91 Å². The van der Waals surface area contributed by atoms with Gasteiger partial charge in [0.25, 0.3) is 0 Å². The predicted octanol–water partition coefficient (Wildman–Crippen LogP) is 2.15. The lowest BCUT2D eigenvalue weighted by molar-refractivity contribution is -0.122. The third-order valence-corrected chi connectivity index (χ3v) is 6.26. The normalized spacial score (nSPS) is 17.9. The van der Waals surface area contributed by atoms with Crippen LogP contribution < -0.4 is 10.2 Å². The molecule has 3 heterocycles. The third-order valence-electron chi connectivity index (χ3n) is 6.26. The summed E-state index contributed by atoms with van der Waals surface area (Å²) in [6, 6.07) is 8.89. The molecule has 31 heavy (non-hydrogen) atoms. The van der Waals surface area contributed by atoms with E-state index in [1.807, 2.05) is 6.92 Å². The van der Waals surface area contributed by atoms with Gasteiger partial charge < -0.3 is 19.5 Å². The molecule has 1 fully saturated rings. The molecule has 1 saturated heterocycles. The van der Waals surface area contributed by atoms with Crippen molar-refractivity contribution < 1.29 is 9.53 Å². The number of hydrogen-bond acceptors (Lipinski definition) is 6. The van der Waals surface area contributed by atoms with Crippen LogP contribution in [0.3, 0.4) is 0 Å². The zero-order valence-electron chi connectivity index (χ0n) is 18.7. The average molecular weight is 427 g/mol. The molecule has 4 rings (SSSR count). The molecule has 2 aliphatic heterocycles. The highest BCUT2D eigenvalue weighted by Gasteiger charge is 2.23. The number of rotatable bonds is 8. The Morgan fingerprint density at radius 3 is 2.61 bits per heavy atom. The van der Waals surface area contributed by atoms with Gasteiger partial charge in [0.15, 0.2) is 5.82 Å². The van der Waals surface area contributed by atoms with Gasteiger partial charge in [0.1, 0.15) is 5.82 Å². The molecular weight excluding hydrogens is 392 g/mol. The molecule has 0 unspecified atom stereocenters. The van der Waals surface area contributed by atoms with Crippen molar-refractivity contribution in [2.75, 3.05) is 44.8 Å².